The molecular weight excluding hydrogens is 1410 g/mol. The standard InChI is InChI=1S/C54H38N4.C51H32N4S/c1-54(2)44-20-10-8-18-40(44)49-42-30-37-28-35-16-6-7-17-36(35)29-38(37)31-43(42)50-41-19-9-11-22-48(41)58(52(50)51(49)54)39-25-23-33(24-26-39)46-32-47(45-21-12-13-27-55-45)57-53(56-46)34-14-4-3-5-15-34;1-2-12-32(13-3-1)51-53-43(30-44(54-51)42-18-10-11-25-52-42)31-21-23-37(24-22-31)55-45-19-8-6-16-38(45)47-40-28-35-26-33-14-4-5-15-34(33)27-36(35)29-41(40)48-39-17-7-9-20-46(39)56-50(48)49(47)55/h3-27,30-32H,28-29H2,1-2H3;1-27,30H,28-29H2. The second-order valence-electron chi connectivity index (χ2n) is 31.1. The first-order valence-corrected chi connectivity index (χ1v) is 40.1. The fraction of sp³-hybridized carbons (Fsp3) is 0.0667. The smallest absolute Gasteiger partial charge is 0.160 e. The van der Waals surface area contributed by atoms with Crippen LogP contribution in [0.25, 0.3) is 176 Å². The number of aromatic nitrogens is 8. The topological polar surface area (TPSA) is 87.2 Å². The van der Waals surface area contributed by atoms with Crippen molar-refractivity contribution in [2.24, 2.45) is 0 Å². The highest BCUT2D eigenvalue weighted by molar-refractivity contribution is 7.26. The summed E-state index contributed by atoms with van der Waals surface area (Å²) >= 11 is 1.93. The summed E-state index contributed by atoms with van der Waals surface area (Å²) in [5.41, 5.74) is 33.1. The molecule has 0 amide bonds. The second-order valence-corrected chi connectivity index (χ2v) is 32.2. The van der Waals surface area contributed by atoms with E-state index in [0.717, 1.165) is 93.5 Å². The Labute approximate surface area is 662 Å². The summed E-state index contributed by atoms with van der Waals surface area (Å²) in [5.74, 6) is 1.36. The molecule has 0 fully saturated rings. The van der Waals surface area contributed by atoms with Crippen LogP contribution in [0.5, 0.6) is 0 Å². The molecule has 9 heteroatoms. The molecule has 0 unspecified atom stereocenters. The summed E-state index contributed by atoms with van der Waals surface area (Å²) in [4.78, 5) is 29.4. The number of para-hydroxylation sites is 2. The van der Waals surface area contributed by atoms with Crippen molar-refractivity contribution in [1.29, 1.82) is 0 Å². The number of nitrogens with zero attached hydrogens (tertiary/aromatic N) is 8. The van der Waals surface area contributed by atoms with Gasteiger partial charge in [-0.2, -0.15) is 0 Å². The Balaban J connectivity index is 0.000000135. The molecule has 24 rings (SSSR count). The van der Waals surface area contributed by atoms with Crippen molar-refractivity contribution < 1.29 is 0 Å². The average molecular weight is 1480 g/mol. The van der Waals surface area contributed by atoms with E-state index in [1.54, 1.807) is 0 Å². The molecule has 0 aliphatic heterocycles. The Morgan fingerprint density at radius 3 is 1.34 bits per heavy atom. The largest absolute Gasteiger partial charge is 0.309 e. The molecule has 3 aliphatic rings. The van der Waals surface area contributed by atoms with Gasteiger partial charge in [0.25, 0.3) is 0 Å². The zero-order chi connectivity index (χ0) is 75.3. The number of rotatable bonds is 8. The van der Waals surface area contributed by atoms with E-state index in [2.05, 4.69) is 288 Å². The molecular formula is C105H70N8S. The molecule has 0 radical (unpaired) electrons. The molecule has 536 valence electrons. The molecule has 0 saturated carbocycles. The molecule has 114 heavy (non-hydrogen) atoms. The van der Waals surface area contributed by atoms with Gasteiger partial charge in [-0.25, -0.2) is 19.9 Å². The molecule has 0 saturated heterocycles. The minimum absolute atomic E-state index is 0.219. The number of hydrogen-bond acceptors (Lipinski definition) is 7. The normalized spacial score (nSPS) is 13.1. The minimum Gasteiger partial charge on any atom is -0.309 e. The Morgan fingerprint density at radius 1 is 0.316 bits per heavy atom. The molecule has 0 bridgehead atoms. The van der Waals surface area contributed by atoms with Gasteiger partial charge in [0.1, 0.15) is 0 Å². The molecule has 7 heterocycles. The lowest BCUT2D eigenvalue weighted by molar-refractivity contribution is 0.664. The average Bonchev–Trinajstić information content (AvgIpc) is 1.53. The van der Waals surface area contributed by atoms with E-state index in [-0.39, 0.29) is 5.41 Å². The van der Waals surface area contributed by atoms with Crippen LogP contribution in [0.4, 0.5) is 0 Å². The first-order valence-electron chi connectivity index (χ1n) is 39.3. The predicted molar refractivity (Wildman–Crippen MR) is 471 cm³/mol. The van der Waals surface area contributed by atoms with Gasteiger partial charge in [-0.15, -0.1) is 11.3 Å². The van der Waals surface area contributed by atoms with Gasteiger partial charge in [0, 0.05) is 88.5 Å². The molecule has 0 spiro atoms. The molecule has 0 atom stereocenters. The van der Waals surface area contributed by atoms with Gasteiger partial charge in [-0.3, -0.25) is 9.97 Å². The van der Waals surface area contributed by atoms with Gasteiger partial charge in [-0.05, 0) is 205 Å². The van der Waals surface area contributed by atoms with Crippen LogP contribution in [0.3, 0.4) is 0 Å². The van der Waals surface area contributed by atoms with Crippen LogP contribution in [-0.2, 0) is 31.1 Å². The maximum absolute atomic E-state index is 5.12. The summed E-state index contributed by atoms with van der Waals surface area (Å²) in [7, 11) is 0. The zero-order valence-corrected chi connectivity index (χ0v) is 63.5. The SMILES string of the molecule is CC1(C)c2ccccc2-c2c1c1c(c3cc4c(cc23)Cc2ccccc2C4)c2ccccc2n1-c1ccc(-c2cc(-c3ccccn3)nc(-c3ccccc3)n2)cc1.c1ccc(-c2nc(-c3ccc(-n4c5ccccc5c5c6c(c7c8ccccc8sc7c54)Cc4cc5ccccc5cc4C6)cc3)cc(-c3ccccn3)n2)cc1. The maximum atomic E-state index is 5.12. The number of thiophene rings is 1. The van der Waals surface area contributed by atoms with Gasteiger partial charge in [-0.1, -0.05) is 250 Å². The summed E-state index contributed by atoms with van der Waals surface area (Å²) in [6.07, 6.45) is 7.39. The Morgan fingerprint density at radius 2 is 0.772 bits per heavy atom. The van der Waals surface area contributed by atoms with Crippen LogP contribution in [-0.4, -0.2) is 39.0 Å². The van der Waals surface area contributed by atoms with Gasteiger partial charge in [0.05, 0.1) is 60.9 Å². The molecule has 14 aromatic carbocycles. The Hall–Kier alpha value is -14.1. The zero-order valence-electron chi connectivity index (χ0n) is 62.6. The molecule has 7 aromatic heterocycles. The van der Waals surface area contributed by atoms with Crippen LogP contribution >= 0.6 is 11.3 Å². The molecule has 8 nitrogen and oxygen atoms in total. The third-order valence-corrected chi connectivity index (χ3v) is 25.5. The van der Waals surface area contributed by atoms with E-state index in [9.17, 15) is 0 Å². The molecule has 3 aliphatic carbocycles. The fourth-order valence-corrected chi connectivity index (χ4v) is 20.3. The number of benzene rings is 14. The summed E-state index contributed by atoms with van der Waals surface area (Å²) in [5, 5.41) is 13.4. The van der Waals surface area contributed by atoms with Crippen LogP contribution in [0, 0.1) is 0 Å². The van der Waals surface area contributed by atoms with Crippen molar-refractivity contribution in [2.45, 2.75) is 44.9 Å². The highest BCUT2D eigenvalue weighted by Gasteiger charge is 2.41. The van der Waals surface area contributed by atoms with Crippen molar-refractivity contribution in [3.63, 3.8) is 0 Å². The maximum Gasteiger partial charge on any atom is 0.160 e. The van der Waals surface area contributed by atoms with E-state index in [4.69, 9.17) is 19.9 Å². The van der Waals surface area contributed by atoms with Crippen LogP contribution in [0.15, 0.2) is 340 Å². The van der Waals surface area contributed by atoms with Crippen LogP contribution in [0.2, 0.25) is 0 Å². The van der Waals surface area contributed by atoms with Crippen molar-refractivity contribution in [1.82, 2.24) is 39.0 Å². The van der Waals surface area contributed by atoms with Gasteiger partial charge >= 0.3 is 0 Å². The third-order valence-electron chi connectivity index (χ3n) is 24.3. The molecule has 0 N–H and O–H groups in total. The van der Waals surface area contributed by atoms with Crippen molar-refractivity contribution >= 4 is 96.7 Å². The first kappa shape index (κ1) is 65.7. The predicted octanol–water partition coefficient (Wildman–Crippen LogP) is 25.9. The van der Waals surface area contributed by atoms with E-state index in [0.29, 0.717) is 11.6 Å². The Kier molecular flexibility index (Phi) is 15.0. The van der Waals surface area contributed by atoms with Gasteiger partial charge in [0.15, 0.2) is 11.6 Å². The number of hydrogen-bond donors (Lipinski definition) is 0. The number of fused-ring (bicyclic) bond motifs is 24. The van der Waals surface area contributed by atoms with E-state index < -0.39 is 0 Å². The molecule has 21 aromatic rings. The lowest BCUT2D eigenvalue weighted by Crippen LogP contribution is -2.16. The number of pyridine rings is 2. The van der Waals surface area contributed by atoms with Gasteiger partial charge in [0.2, 0.25) is 0 Å². The van der Waals surface area contributed by atoms with Crippen molar-refractivity contribution in [3.8, 4) is 90.6 Å². The van der Waals surface area contributed by atoms with E-state index >= 15 is 0 Å². The monoisotopic (exact) mass is 1470 g/mol. The van der Waals surface area contributed by atoms with E-state index in [1.807, 2.05) is 96.5 Å². The fourth-order valence-electron chi connectivity index (χ4n) is 19.0. The van der Waals surface area contributed by atoms with Gasteiger partial charge < -0.3 is 9.13 Å². The van der Waals surface area contributed by atoms with E-state index in [1.165, 1.54) is 152 Å². The van der Waals surface area contributed by atoms with Crippen molar-refractivity contribution in [3.05, 3.63) is 396 Å². The lowest BCUT2D eigenvalue weighted by Gasteiger charge is -2.25. The highest BCUT2D eigenvalue weighted by Crippen LogP contribution is 2.58. The Bertz CT molecular complexity index is 7410. The quantitative estimate of drug-likeness (QED) is 0.151. The minimum atomic E-state index is -0.219. The third kappa shape index (κ3) is 10.5. The summed E-state index contributed by atoms with van der Waals surface area (Å²) in [6, 6.07) is 118. The lowest BCUT2D eigenvalue weighted by atomic mass is 9.79. The highest BCUT2D eigenvalue weighted by atomic mass is 32.1. The summed E-state index contributed by atoms with van der Waals surface area (Å²) in [6.45, 7) is 4.84. The first-order chi connectivity index (χ1) is 56.3. The van der Waals surface area contributed by atoms with Crippen molar-refractivity contribution in [2.75, 3.05) is 0 Å². The van der Waals surface area contributed by atoms with Crippen LogP contribution in [0.1, 0.15) is 69.5 Å². The second kappa shape index (κ2) is 26.0. The van der Waals surface area contributed by atoms with Crippen LogP contribution < -0.4 is 0 Å². The summed E-state index contributed by atoms with van der Waals surface area (Å²) < 4.78 is 7.73.